The van der Waals surface area contributed by atoms with Crippen LogP contribution in [0.1, 0.15) is 33.6 Å². The van der Waals surface area contributed by atoms with Crippen molar-refractivity contribution in [2.24, 2.45) is 17.8 Å². The molecule has 4 aliphatic rings. The quantitative estimate of drug-likeness (QED) is 0.201. The molecule has 2 bridgehead atoms. The van der Waals surface area contributed by atoms with E-state index in [1.807, 2.05) is 13.8 Å². The second kappa shape index (κ2) is 12.3. The third-order valence-corrected chi connectivity index (χ3v) is 9.16. The Balaban J connectivity index is 1.71. The molecule has 0 aromatic heterocycles. The number of ether oxygens (including phenoxy) is 3. The summed E-state index contributed by atoms with van der Waals surface area (Å²) in [6.07, 6.45) is 2.07. The highest BCUT2D eigenvalue weighted by Crippen LogP contribution is 2.60. The molecule has 4 rings (SSSR count). The number of hydrogen-bond acceptors (Lipinski definition) is 8. The van der Waals surface area contributed by atoms with Crippen LogP contribution in [0.5, 0.6) is 0 Å². The van der Waals surface area contributed by atoms with Crippen molar-refractivity contribution in [3.8, 4) is 0 Å². The SMILES string of the molecule is C=CCN(CCN1CCOCC1)C(=O)C1N([C@@H](CO)CC(C)C)C(=O)[C@@H]2[C@@H](C(=O)OCC)[C@@H]3OC12CC3Br. The van der Waals surface area contributed by atoms with Crippen molar-refractivity contribution < 1.29 is 33.7 Å². The molecule has 4 heterocycles. The zero-order chi connectivity index (χ0) is 27.6. The molecule has 4 fully saturated rings. The molecule has 38 heavy (non-hydrogen) atoms. The van der Waals surface area contributed by atoms with E-state index in [2.05, 4.69) is 27.4 Å². The number of halogens is 1. The molecule has 1 N–H and O–H groups in total. The molecule has 214 valence electrons. The van der Waals surface area contributed by atoms with Crippen LogP contribution in [0.3, 0.4) is 0 Å². The first kappa shape index (κ1) is 29.5. The Kier molecular flexibility index (Phi) is 9.55. The fraction of sp³-hybridized carbons (Fsp3) is 0.815. The van der Waals surface area contributed by atoms with Gasteiger partial charge in [-0.05, 0) is 25.7 Å². The van der Waals surface area contributed by atoms with Crippen molar-refractivity contribution in [1.82, 2.24) is 14.7 Å². The zero-order valence-electron chi connectivity index (χ0n) is 22.7. The molecule has 0 aromatic carbocycles. The summed E-state index contributed by atoms with van der Waals surface area (Å²) in [4.78, 5) is 47.1. The van der Waals surface area contributed by atoms with Crippen LogP contribution >= 0.6 is 15.9 Å². The number of amides is 2. The van der Waals surface area contributed by atoms with E-state index in [9.17, 15) is 19.5 Å². The van der Waals surface area contributed by atoms with Gasteiger partial charge in [0.2, 0.25) is 11.8 Å². The van der Waals surface area contributed by atoms with Crippen LogP contribution in [0.4, 0.5) is 0 Å². The summed E-state index contributed by atoms with van der Waals surface area (Å²) in [7, 11) is 0. The molecule has 7 atom stereocenters. The number of alkyl halides is 1. The van der Waals surface area contributed by atoms with Gasteiger partial charge in [0.1, 0.15) is 11.6 Å². The lowest BCUT2D eigenvalue weighted by molar-refractivity contribution is -0.156. The van der Waals surface area contributed by atoms with Gasteiger partial charge in [0.05, 0.1) is 50.4 Å². The summed E-state index contributed by atoms with van der Waals surface area (Å²) in [5.41, 5.74) is -1.17. The number of hydrogen-bond donors (Lipinski definition) is 1. The number of rotatable bonds is 12. The second-order valence-corrected chi connectivity index (χ2v) is 12.3. The lowest BCUT2D eigenvalue weighted by atomic mass is 9.70. The van der Waals surface area contributed by atoms with Gasteiger partial charge in [0.15, 0.2) is 0 Å². The largest absolute Gasteiger partial charge is 0.466 e. The molecule has 0 aliphatic carbocycles. The Morgan fingerprint density at radius 3 is 2.66 bits per heavy atom. The number of esters is 1. The van der Waals surface area contributed by atoms with Crippen LogP contribution in [-0.2, 0) is 28.6 Å². The van der Waals surface area contributed by atoms with E-state index in [-0.39, 0.29) is 35.8 Å². The minimum absolute atomic E-state index is 0.182. The topological polar surface area (TPSA) is 109 Å². The van der Waals surface area contributed by atoms with Gasteiger partial charge in [-0.25, -0.2) is 0 Å². The van der Waals surface area contributed by atoms with Gasteiger partial charge in [-0.15, -0.1) is 6.58 Å². The Morgan fingerprint density at radius 2 is 2.05 bits per heavy atom. The maximum absolute atomic E-state index is 14.5. The van der Waals surface area contributed by atoms with E-state index < -0.39 is 41.6 Å². The minimum Gasteiger partial charge on any atom is -0.466 e. The van der Waals surface area contributed by atoms with Crippen molar-refractivity contribution >= 4 is 33.7 Å². The minimum atomic E-state index is -1.17. The summed E-state index contributed by atoms with van der Waals surface area (Å²) in [6, 6.07) is -1.52. The van der Waals surface area contributed by atoms with Crippen molar-refractivity contribution in [3.63, 3.8) is 0 Å². The van der Waals surface area contributed by atoms with Gasteiger partial charge in [0.25, 0.3) is 0 Å². The molecule has 4 saturated heterocycles. The molecule has 0 saturated carbocycles. The molecular formula is C27H42BrN3O7. The van der Waals surface area contributed by atoms with Crippen LogP contribution in [0.15, 0.2) is 12.7 Å². The van der Waals surface area contributed by atoms with Crippen LogP contribution in [0, 0.1) is 17.8 Å². The van der Waals surface area contributed by atoms with Crippen molar-refractivity contribution in [3.05, 3.63) is 12.7 Å². The maximum atomic E-state index is 14.5. The number of likely N-dealkylation sites (tertiary alicyclic amines) is 1. The number of aliphatic hydroxyl groups is 1. The van der Waals surface area contributed by atoms with Gasteiger partial charge in [-0.1, -0.05) is 35.9 Å². The maximum Gasteiger partial charge on any atom is 0.312 e. The average Bonchev–Trinajstić information content (AvgIpc) is 3.48. The first-order valence-corrected chi connectivity index (χ1v) is 14.7. The zero-order valence-corrected chi connectivity index (χ0v) is 24.3. The monoisotopic (exact) mass is 599 g/mol. The number of fused-ring (bicyclic) bond motifs is 1. The second-order valence-electron chi connectivity index (χ2n) is 11.2. The van der Waals surface area contributed by atoms with Crippen LogP contribution < -0.4 is 0 Å². The van der Waals surface area contributed by atoms with E-state index in [1.54, 1.807) is 22.8 Å². The van der Waals surface area contributed by atoms with E-state index >= 15 is 0 Å². The van der Waals surface area contributed by atoms with Gasteiger partial charge in [0, 0.05) is 37.6 Å². The van der Waals surface area contributed by atoms with Gasteiger partial charge >= 0.3 is 5.97 Å². The van der Waals surface area contributed by atoms with Crippen molar-refractivity contribution in [2.45, 2.75) is 62.2 Å². The van der Waals surface area contributed by atoms with E-state index in [1.165, 1.54) is 0 Å². The predicted octanol–water partition coefficient (Wildman–Crippen LogP) is 1.05. The lowest BCUT2D eigenvalue weighted by Gasteiger charge is -2.40. The third-order valence-electron chi connectivity index (χ3n) is 8.32. The summed E-state index contributed by atoms with van der Waals surface area (Å²) < 4.78 is 17.4. The van der Waals surface area contributed by atoms with Crippen molar-refractivity contribution in [1.29, 1.82) is 0 Å². The number of carbonyl (C=O) groups is 3. The highest BCUT2D eigenvalue weighted by atomic mass is 79.9. The van der Waals surface area contributed by atoms with E-state index in [4.69, 9.17) is 14.2 Å². The first-order chi connectivity index (χ1) is 18.2. The van der Waals surface area contributed by atoms with Crippen LogP contribution in [0.25, 0.3) is 0 Å². The molecule has 0 radical (unpaired) electrons. The van der Waals surface area contributed by atoms with Crippen LogP contribution in [0.2, 0.25) is 0 Å². The molecule has 2 amide bonds. The fourth-order valence-corrected chi connectivity index (χ4v) is 7.72. The number of morpholine rings is 1. The van der Waals surface area contributed by atoms with Gasteiger partial charge in [-0.3, -0.25) is 19.3 Å². The number of aliphatic hydroxyl groups excluding tert-OH is 1. The molecule has 4 aliphatic heterocycles. The summed E-state index contributed by atoms with van der Waals surface area (Å²) >= 11 is 3.68. The Morgan fingerprint density at radius 1 is 1.34 bits per heavy atom. The predicted molar refractivity (Wildman–Crippen MR) is 144 cm³/mol. The Bertz CT molecular complexity index is 898. The molecule has 1 spiro atoms. The van der Waals surface area contributed by atoms with E-state index in [0.29, 0.717) is 45.7 Å². The molecule has 10 nitrogen and oxygen atoms in total. The Labute approximate surface area is 233 Å². The highest BCUT2D eigenvalue weighted by molar-refractivity contribution is 9.09. The summed E-state index contributed by atoms with van der Waals surface area (Å²) in [5, 5.41) is 10.4. The van der Waals surface area contributed by atoms with E-state index in [0.717, 1.165) is 13.1 Å². The lowest BCUT2D eigenvalue weighted by Crippen LogP contribution is -2.59. The normalized spacial score (nSPS) is 33.5. The standard InChI is InChI=1S/C27H42BrN3O7/c1-5-7-30(9-8-29-10-12-36-13-11-29)25(34)23-27-15-19(28)22(38-27)20(26(35)37-6-2)21(27)24(33)31(23)18(16-32)14-17(3)4/h5,17-23,32H,1,6-16H2,2-4H3/t18-,19?,20-,21+,22-,23?,27?/m1/s1. The van der Waals surface area contributed by atoms with Gasteiger partial charge in [-0.2, -0.15) is 0 Å². The molecule has 0 aromatic rings. The van der Waals surface area contributed by atoms with Crippen molar-refractivity contribution in [2.75, 3.05) is 59.2 Å². The average molecular weight is 601 g/mol. The molecule has 3 unspecified atom stereocenters. The van der Waals surface area contributed by atoms with Crippen LogP contribution in [-0.4, -0.2) is 125 Å². The molecular weight excluding hydrogens is 558 g/mol. The highest BCUT2D eigenvalue weighted by Gasteiger charge is 2.77. The van der Waals surface area contributed by atoms with Gasteiger partial charge < -0.3 is 29.1 Å². The number of nitrogens with zero attached hydrogens (tertiary/aromatic N) is 3. The first-order valence-electron chi connectivity index (χ1n) is 13.8. The fourth-order valence-electron chi connectivity index (χ4n) is 6.78. The smallest absolute Gasteiger partial charge is 0.312 e. The summed E-state index contributed by atoms with van der Waals surface area (Å²) in [6.45, 7) is 13.9. The molecule has 11 heteroatoms. The summed E-state index contributed by atoms with van der Waals surface area (Å²) in [5.74, 6) is -2.48. The Hall–Kier alpha value is -1.53. The third kappa shape index (κ3) is 5.29. The number of carbonyl (C=O) groups excluding carboxylic acids is 3.